The van der Waals surface area contributed by atoms with E-state index in [0.29, 0.717) is 18.0 Å². The minimum Gasteiger partial charge on any atom is -0.473 e. The Morgan fingerprint density at radius 2 is 1.94 bits per heavy atom. The van der Waals surface area contributed by atoms with E-state index in [1.165, 1.54) is 22.1 Å². The first-order valence-corrected chi connectivity index (χ1v) is 9.62. The molecule has 170 valence electrons. The van der Waals surface area contributed by atoms with E-state index in [2.05, 4.69) is 20.2 Å². The van der Waals surface area contributed by atoms with Gasteiger partial charge in [0.05, 0.1) is 29.6 Å². The highest BCUT2D eigenvalue weighted by molar-refractivity contribution is 5.97. The Balaban J connectivity index is 1.77. The van der Waals surface area contributed by atoms with Gasteiger partial charge in [-0.15, -0.1) is 4.80 Å². The molecule has 12 heteroatoms. The fourth-order valence-corrected chi connectivity index (χ4v) is 2.97. The van der Waals surface area contributed by atoms with E-state index >= 15 is 0 Å². The lowest BCUT2D eigenvalue weighted by atomic mass is 10.1. The van der Waals surface area contributed by atoms with E-state index in [-0.39, 0.29) is 30.4 Å². The molecule has 1 unspecified atom stereocenters. The standard InChI is InChI=1S/C20H20F4N6O2/c1-4-29(13(3)11-32-18-16(21)9-14(10-25-18)20(22,23)24)19(31)15-6-5-12(2)28-17(15)30-26-7-8-27-30/h5-10,13H,4,11H2,1-3H3. The van der Waals surface area contributed by atoms with E-state index in [4.69, 9.17) is 4.74 Å². The zero-order valence-corrected chi connectivity index (χ0v) is 17.5. The summed E-state index contributed by atoms with van der Waals surface area (Å²) in [6, 6.07) is 3.04. The molecule has 3 aromatic rings. The van der Waals surface area contributed by atoms with Gasteiger partial charge in [-0.1, -0.05) is 0 Å². The van der Waals surface area contributed by atoms with Crippen LogP contribution in [0.25, 0.3) is 5.82 Å². The Hall–Kier alpha value is -3.57. The molecular formula is C20H20F4N6O2. The Bertz CT molecular complexity index is 1090. The first-order valence-electron chi connectivity index (χ1n) is 9.62. The van der Waals surface area contributed by atoms with Gasteiger partial charge in [-0.2, -0.15) is 23.4 Å². The van der Waals surface area contributed by atoms with Crippen molar-refractivity contribution in [1.82, 2.24) is 29.9 Å². The molecule has 0 saturated carbocycles. The number of pyridine rings is 2. The summed E-state index contributed by atoms with van der Waals surface area (Å²) in [5.41, 5.74) is -0.302. The van der Waals surface area contributed by atoms with Crippen LogP contribution in [0.4, 0.5) is 17.6 Å². The van der Waals surface area contributed by atoms with Crippen LogP contribution in [-0.4, -0.2) is 55.0 Å². The summed E-state index contributed by atoms with van der Waals surface area (Å²) in [5.74, 6) is -1.95. The van der Waals surface area contributed by atoms with E-state index in [1.807, 2.05) is 0 Å². The summed E-state index contributed by atoms with van der Waals surface area (Å²) in [6.07, 6.45) is -1.31. The van der Waals surface area contributed by atoms with Gasteiger partial charge in [0.2, 0.25) is 5.88 Å². The summed E-state index contributed by atoms with van der Waals surface area (Å²) in [7, 11) is 0. The van der Waals surface area contributed by atoms with Gasteiger partial charge in [0.1, 0.15) is 6.61 Å². The second kappa shape index (κ2) is 9.28. The van der Waals surface area contributed by atoms with E-state index in [0.717, 1.165) is 0 Å². The smallest absolute Gasteiger partial charge is 0.417 e. The Kier molecular flexibility index (Phi) is 6.70. The third-order valence-electron chi connectivity index (χ3n) is 4.58. The second-order valence-electron chi connectivity index (χ2n) is 6.90. The SMILES string of the molecule is CCN(C(=O)c1ccc(C)nc1-n1nccn1)C(C)COc1ncc(C(F)(F)F)cc1F. The Morgan fingerprint density at radius 1 is 1.25 bits per heavy atom. The normalized spacial score (nSPS) is 12.5. The monoisotopic (exact) mass is 452 g/mol. The zero-order chi connectivity index (χ0) is 23.5. The lowest BCUT2D eigenvalue weighted by Gasteiger charge is -2.28. The van der Waals surface area contributed by atoms with Gasteiger partial charge in [0, 0.05) is 18.4 Å². The summed E-state index contributed by atoms with van der Waals surface area (Å²) >= 11 is 0. The van der Waals surface area contributed by atoms with Crippen LogP contribution in [-0.2, 0) is 6.18 Å². The molecule has 3 rings (SSSR count). The molecule has 0 aliphatic heterocycles. The van der Waals surface area contributed by atoms with Crippen molar-refractivity contribution in [3.8, 4) is 11.7 Å². The number of aromatic nitrogens is 5. The van der Waals surface area contributed by atoms with Crippen molar-refractivity contribution in [2.45, 2.75) is 33.0 Å². The Labute approximate surface area is 180 Å². The van der Waals surface area contributed by atoms with Gasteiger partial charge in [-0.05, 0) is 39.0 Å². The van der Waals surface area contributed by atoms with Crippen LogP contribution in [0.2, 0.25) is 0 Å². The summed E-state index contributed by atoms with van der Waals surface area (Å²) in [5, 5.41) is 8.06. The molecule has 32 heavy (non-hydrogen) atoms. The number of carbonyl (C=O) groups excluding carboxylic acids is 1. The minimum absolute atomic E-state index is 0.191. The van der Waals surface area contributed by atoms with Crippen LogP contribution < -0.4 is 4.74 Å². The molecular weight excluding hydrogens is 432 g/mol. The van der Waals surface area contributed by atoms with Crippen LogP contribution in [0.15, 0.2) is 36.8 Å². The maximum Gasteiger partial charge on any atom is 0.417 e. The molecule has 3 heterocycles. The first kappa shape index (κ1) is 23.1. The molecule has 0 aromatic carbocycles. The van der Waals surface area contributed by atoms with Crippen LogP contribution >= 0.6 is 0 Å². The number of carbonyl (C=O) groups is 1. The van der Waals surface area contributed by atoms with Crippen molar-refractivity contribution < 1.29 is 27.1 Å². The number of hydrogen-bond donors (Lipinski definition) is 0. The van der Waals surface area contributed by atoms with Crippen LogP contribution in [0.5, 0.6) is 5.88 Å². The maximum absolute atomic E-state index is 14.0. The number of rotatable bonds is 7. The molecule has 0 bridgehead atoms. The van der Waals surface area contributed by atoms with Crippen molar-refractivity contribution in [2.24, 2.45) is 0 Å². The van der Waals surface area contributed by atoms with Crippen LogP contribution in [0.3, 0.4) is 0 Å². The van der Waals surface area contributed by atoms with E-state index in [9.17, 15) is 22.4 Å². The highest BCUT2D eigenvalue weighted by Crippen LogP contribution is 2.30. The van der Waals surface area contributed by atoms with Gasteiger partial charge in [0.25, 0.3) is 5.91 Å². The molecule has 0 spiro atoms. The third-order valence-corrected chi connectivity index (χ3v) is 4.58. The molecule has 0 aliphatic rings. The average molecular weight is 452 g/mol. The maximum atomic E-state index is 14.0. The van der Waals surface area contributed by atoms with Crippen LogP contribution in [0.1, 0.15) is 35.5 Å². The number of alkyl halides is 3. The number of likely N-dealkylation sites (N-methyl/N-ethyl adjacent to an activating group) is 1. The predicted molar refractivity (Wildman–Crippen MR) is 105 cm³/mol. The van der Waals surface area contributed by atoms with E-state index < -0.39 is 29.5 Å². The molecule has 8 nitrogen and oxygen atoms in total. The summed E-state index contributed by atoms with van der Waals surface area (Å²) in [4.78, 5) is 23.7. The van der Waals surface area contributed by atoms with Gasteiger partial charge in [-0.25, -0.2) is 14.4 Å². The van der Waals surface area contributed by atoms with Crippen molar-refractivity contribution in [1.29, 1.82) is 0 Å². The third kappa shape index (κ3) is 5.01. The predicted octanol–water partition coefficient (Wildman–Crippen LogP) is 3.45. The molecule has 1 atom stereocenters. The number of hydrogen-bond acceptors (Lipinski definition) is 6. The van der Waals surface area contributed by atoms with Gasteiger partial charge in [0.15, 0.2) is 11.6 Å². The first-order chi connectivity index (χ1) is 15.1. The molecule has 0 fully saturated rings. The number of ether oxygens (including phenoxy) is 1. The van der Waals surface area contributed by atoms with Crippen molar-refractivity contribution in [3.63, 3.8) is 0 Å². The fraction of sp³-hybridized carbons (Fsp3) is 0.350. The molecule has 1 amide bonds. The minimum atomic E-state index is -4.71. The fourth-order valence-electron chi connectivity index (χ4n) is 2.97. The summed E-state index contributed by atoms with van der Waals surface area (Å²) in [6.45, 7) is 5.27. The topological polar surface area (TPSA) is 86.0 Å². The average Bonchev–Trinajstić information content (AvgIpc) is 3.27. The van der Waals surface area contributed by atoms with Gasteiger partial charge in [-0.3, -0.25) is 4.79 Å². The Morgan fingerprint density at radius 3 is 2.53 bits per heavy atom. The zero-order valence-electron chi connectivity index (χ0n) is 17.5. The lowest BCUT2D eigenvalue weighted by molar-refractivity contribution is -0.138. The number of halogens is 4. The van der Waals surface area contributed by atoms with Gasteiger partial charge >= 0.3 is 6.18 Å². The quantitative estimate of drug-likeness (QED) is 0.511. The van der Waals surface area contributed by atoms with Gasteiger partial charge < -0.3 is 9.64 Å². The molecule has 0 saturated heterocycles. The number of nitrogens with zero attached hydrogens (tertiary/aromatic N) is 6. The molecule has 0 radical (unpaired) electrons. The second-order valence-corrected chi connectivity index (χ2v) is 6.90. The molecule has 3 aromatic heterocycles. The van der Waals surface area contributed by atoms with Crippen LogP contribution in [0, 0.1) is 12.7 Å². The van der Waals surface area contributed by atoms with E-state index in [1.54, 1.807) is 32.9 Å². The van der Waals surface area contributed by atoms with Crippen molar-refractivity contribution >= 4 is 5.91 Å². The molecule has 0 aliphatic carbocycles. The highest BCUT2D eigenvalue weighted by Gasteiger charge is 2.32. The number of amides is 1. The lowest BCUT2D eigenvalue weighted by Crippen LogP contribution is -2.42. The van der Waals surface area contributed by atoms with Crippen molar-refractivity contribution in [2.75, 3.05) is 13.2 Å². The highest BCUT2D eigenvalue weighted by atomic mass is 19.4. The summed E-state index contributed by atoms with van der Waals surface area (Å²) < 4.78 is 57.3. The largest absolute Gasteiger partial charge is 0.473 e. The van der Waals surface area contributed by atoms with Crippen molar-refractivity contribution in [3.05, 3.63) is 59.4 Å². The number of aryl methyl sites for hydroxylation is 1. The molecule has 0 N–H and O–H groups in total.